The van der Waals surface area contributed by atoms with Crippen LogP contribution >= 0.6 is 0 Å². The molecule has 0 unspecified atom stereocenters. The average molecular weight is 399 g/mol. The molecular formula is C23H30N2O4. The quantitative estimate of drug-likeness (QED) is 0.667. The van der Waals surface area contributed by atoms with Crippen molar-refractivity contribution in [2.24, 2.45) is 0 Å². The predicted molar refractivity (Wildman–Crippen MR) is 113 cm³/mol. The van der Waals surface area contributed by atoms with Gasteiger partial charge < -0.3 is 19.7 Å². The van der Waals surface area contributed by atoms with Gasteiger partial charge in [0.1, 0.15) is 0 Å². The molecule has 0 fully saturated rings. The van der Waals surface area contributed by atoms with Crippen molar-refractivity contribution in [3.05, 3.63) is 59.7 Å². The van der Waals surface area contributed by atoms with Crippen LogP contribution in [0.2, 0.25) is 0 Å². The lowest BCUT2D eigenvalue weighted by Gasteiger charge is -2.27. The minimum absolute atomic E-state index is 0.00419. The van der Waals surface area contributed by atoms with E-state index < -0.39 is 0 Å². The Morgan fingerprint density at radius 1 is 0.966 bits per heavy atom. The van der Waals surface area contributed by atoms with E-state index in [9.17, 15) is 9.59 Å². The lowest BCUT2D eigenvalue weighted by atomic mass is 10.1. The molecule has 0 aliphatic rings. The summed E-state index contributed by atoms with van der Waals surface area (Å²) in [7, 11) is 3.16. The third-order valence-corrected chi connectivity index (χ3v) is 4.66. The molecule has 0 spiro atoms. The number of carbonyl (C=O) groups excluding carboxylic acids is 2. The number of nitrogens with zero attached hydrogens (tertiary/aromatic N) is 1. The van der Waals surface area contributed by atoms with Crippen LogP contribution in [-0.4, -0.2) is 43.5 Å². The zero-order valence-electron chi connectivity index (χ0n) is 17.6. The number of amides is 2. The highest BCUT2D eigenvalue weighted by atomic mass is 16.5. The third kappa shape index (κ3) is 6.82. The first-order valence-electron chi connectivity index (χ1n) is 9.75. The van der Waals surface area contributed by atoms with E-state index in [1.807, 2.05) is 62.4 Å². The van der Waals surface area contributed by atoms with Crippen LogP contribution in [0.4, 0.5) is 0 Å². The van der Waals surface area contributed by atoms with Gasteiger partial charge in [0.2, 0.25) is 11.8 Å². The highest BCUT2D eigenvalue weighted by molar-refractivity contribution is 5.85. The highest BCUT2D eigenvalue weighted by Gasteiger charge is 2.18. The van der Waals surface area contributed by atoms with Gasteiger partial charge in [-0.25, -0.2) is 0 Å². The van der Waals surface area contributed by atoms with Crippen LogP contribution in [0.5, 0.6) is 11.5 Å². The van der Waals surface area contributed by atoms with E-state index in [0.29, 0.717) is 30.9 Å². The summed E-state index contributed by atoms with van der Waals surface area (Å²) >= 11 is 0. The van der Waals surface area contributed by atoms with Crippen LogP contribution in [0.15, 0.2) is 48.5 Å². The summed E-state index contributed by atoms with van der Waals surface area (Å²) in [4.78, 5) is 26.6. The van der Waals surface area contributed by atoms with Crippen molar-refractivity contribution in [1.29, 1.82) is 0 Å². The van der Waals surface area contributed by atoms with Gasteiger partial charge in [-0.15, -0.1) is 0 Å². The molecule has 0 aliphatic heterocycles. The molecule has 6 nitrogen and oxygen atoms in total. The summed E-state index contributed by atoms with van der Waals surface area (Å²) in [5, 5.41) is 2.74. The summed E-state index contributed by atoms with van der Waals surface area (Å²) in [5.74, 6) is 1.03. The van der Waals surface area contributed by atoms with Crippen LogP contribution in [0.1, 0.15) is 31.4 Å². The molecule has 29 heavy (non-hydrogen) atoms. The second kappa shape index (κ2) is 11.1. The lowest BCUT2D eigenvalue weighted by molar-refractivity contribution is -0.134. The summed E-state index contributed by atoms with van der Waals surface area (Å²) in [5.41, 5.74) is 2.03. The van der Waals surface area contributed by atoms with E-state index in [1.165, 1.54) is 0 Å². The van der Waals surface area contributed by atoms with Crippen molar-refractivity contribution in [2.45, 2.75) is 39.3 Å². The van der Waals surface area contributed by atoms with Crippen LogP contribution < -0.4 is 14.8 Å². The van der Waals surface area contributed by atoms with E-state index in [1.54, 1.807) is 19.1 Å². The zero-order chi connectivity index (χ0) is 21.2. The standard InChI is InChI=1S/C23H30N2O4/c1-17(2)25(16-19-8-6-5-7-9-19)23(27)15-24-22(26)13-11-18-10-12-20(28-3)21(14-18)29-4/h5-10,12,14,17H,11,13,15-16H2,1-4H3,(H,24,26). The Kier molecular flexibility index (Phi) is 8.52. The van der Waals surface area contributed by atoms with Gasteiger partial charge in [-0.05, 0) is 43.5 Å². The molecule has 156 valence electrons. The number of ether oxygens (including phenoxy) is 2. The Bertz CT molecular complexity index is 806. The molecule has 0 saturated carbocycles. The molecule has 2 aromatic carbocycles. The predicted octanol–water partition coefficient (Wildman–Crippen LogP) is 3.19. The van der Waals surface area contributed by atoms with Gasteiger partial charge in [0.25, 0.3) is 0 Å². The first-order valence-corrected chi connectivity index (χ1v) is 9.75. The number of nitrogens with one attached hydrogen (secondary N) is 1. The van der Waals surface area contributed by atoms with Gasteiger partial charge in [-0.2, -0.15) is 0 Å². The minimum atomic E-state index is -0.156. The molecule has 1 N–H and O–H groups in total. The third-order valence-electron chi connectivity index (χ3n) is 4.66. The zero-order valence-corrected chi connectivity index (χ0v) is 17.6. The highest BCUT2D eigenvalue weighted by Crippen LogP contribution is 2.27. The normalized spacial score (nSPS) is 10.5. The fraction of sp³-hybridized carbons (Fsp3) is 0.391. The molecule has 2 aromatic rings. The Labute approximate surface area is 172 Å². The van der Waals surface area contributed by atoms with Crippen molar-refractivity contribution in [1.82, 2.24) is 10.2 Å². The van der Waals surface area contributed by atoms with Gasteiger partial charge in [-0.1, -0.05) is 36.4 Å². The molecule has 6 heteroatoms. The molecule has 2 amide bonds. The number of aryl methyl sites for hydroxylation is 1. The van der Waals surface area contributed by atoms with Crippen LogP contribution in [0.3, 0.4) is 0 Å². The molecule has 0 radical (unpaired) electrons. The molecule has 0 bridgehead atoms. The minimum Gasteiger partial charge on any atom is -0.493 e. The number of rotatable bonds is 10. The maximum Gasteiger partial charge on any atom is 0.242 e. The average Bonchev–Trinajstić information content (AvgIpc) is 2.74. The van der Waals surface area contributed by atoms with Gasteiger partial charge in [0.05, 0.1) is 20.8 Å². The van der Waals surface area contributed by atoms with Gasteiger partial charge in [0, 0.05) is 19.0 Å². The van der Waals surface area contributed by atoms with E-state index in [2.05, 4.69) is 5.32 Å². The maximum absolute atomic E-state index is 12.6. The van der Waals surface area contributed by atoms with Crippen molar-refractivity contribution in [3.63, 3.8) is 0 Å². The van der Waals surface area contributed by atoms with E-state index in [-0.39, 0.29) is 24.4 Å². The van der Waals surface area contributed by atoms with Crippen LogP contribution in [0, 0.1) is 0 Å². The maximum atomic E-state index is 12.6. The SMILES string of the molecule is COc1ccc(CCC(=O)NCC(=O)N(Cc2ccccc2)C(C)C)cc1OC. The Morgan fingerprint density at radius 2 is 1.66 bits per heavy atom. The van der Waals surface area contributed by atoms with Gasteiger partial charge in [-0.3, -0.25) is 9.59 Å². The van der Waals surface area contributed by atoms with Crippen LogP contribution in [0.25, 0.3) is 0 Å². The first kappa shape index (κ1) is 22.3. The van der Waals surface area contributed by atoms with Crippen molar-refractivity contribution in [3.8, 4) is 11.5 Å². The number of benzene rings is 2. The Morgan fingerprint density at radius 3 is 2.28 bits per heavy atom. The Balaban J connectivity index is 1.85. The fourth-order valence-electron chi connectivity index (χ4n) is 3.00. The van der Waals surface area contributed by atoms with Crippen molar-refractivity contribution in [2.75, 3.05) is 20.8 Å². The smallest absolute Gasteiger partial charge is 0.242 e. The van der Waals surface area contributed by atoms with Gasteiger partial charge in [0.15, 0.2) is 11.5 Å². The molecular weight excluding hydrogens is 368 g/mol. The number of carbonyl (C=O) groups is 2. The summed E-state index contributed by atoms with van der Waals surface area (Å²) in [6.45, 7) is 4.47. The molecule has 0 heterocycles. The number of methoxy groups -OCH3 is 2. The first-order chi connectivity index (χ1) is 13.9. The van der Waals surface area contributed by atoms with Crippen LogP contribution in [-0.2, 0) is 22.6 Å². The molecule has 0 saturated heterocycles. The summed E-state index contributed by atoms with van der Waals surface area (Å²) < 4.78 is 10.5. The second-order valence-corrected chi connectivity index (χ2v) is 7.07. The topological polar surface area (TPSA) is 67.9 Å². The van der Waals surface area contributed by atoms with Crippen molar-refractivity contribution >= 4 is 11.8 Å². The fourth-order valence-corrected chi connectivity index (χ4v) is 3.00. The van der Waals surface area contributed by atoms with E-state index >= 15 is 0 Å². The monoisotopic (exact) mass is 398 g/mol. The van der Waals surface area contributed by atoms with Crippen molar-refractivity contribution < 1.29 is 19.1 Å². The van der Waals surface area contributed by atoms with E-state index in [0.717, 1.165) is 11.1 Å². The molecule has 0 aliphatic carbocycles. The second-order valence-electron chi connectivity index (χ2n) is 7.07. The number of hydrogen-bond acceptors (Lipinski definition) is 4. The van der Waals surface area contributed by atoms with Gasteiger partial charge >= 0.3 is 0 Å². The molecule has 0 atom stereocenters. The molecule has 2 rings (SSSR count). The lowest BCUT2D eigenvalue weighted by Crippen LogP contribution is -2.43. The number of hydrogen-bond donors (Lipinski definition) is 1. The molecule has 0 aromatic heterocycles. The summed E-state index contributed by atoms with van der Waals surface area (Å²) in [6, 6.07) is 15.5. The Hall–Kier alpha value is -3.02. The van der Waals surface area contributed by atoms with E-state index in [4.69, 9.17) is 9.47 Å². The largest absolute Gasteiger partial charge is 0.493 e. The summed E-state index contributed by atoms with van der Waals surface area (Å²) in [6.07, 6.45) is 0.849.